The smallest absolute Gasteiger partial charge is 0.412 e. The van der Waals surface area contributed by atoms with Crippen LogP contribution in [0.2, 0.25) is 0 Å². The van der Waals surface area contributed by atoms with Gasteiger partial charge in [-0.15, -0.1) is 0 Å². The molecule has 0 bridgehead atoms. The molecule has 3 rings (SSSR count). The van der Waals surface area contributed by atoms with E-state index in [1.54, 1.807) is 0 Å². The highest BCUT2D eigenvalue weighted by molar-refractivity contribution is 5.85. The van der Waals surface area contributed by atoms with Gasteiger partial charge in [0.25, 0.3) is 0 Å². The number of nitrogens with one attached hydrogen (secondary N) is 2. The molecular formula is C16H22N2O3. The molecule has 5 heteroatoms. The Kier molecular flexibility index (Phi) is 3.32. The summed E-state index contributed by atoms with van der Waals surface area (Å²) in [6.07, 6.45) is 1.64. The lowest BCUT2D eigenvalue weighted by Crippen LogP contribution is -2.56. The Morgan fingerprint density at radius 2 is 2.14 bits per heavy atom. The molecule has 0 aromatic heterocycles. The number of hydrogen-bond acceptors (Lipinski definition) is 4. The molecular weight excluding hydrogens is 268 g/mol. The summed E-state index contributed by atoms with van der Waals surface area (Å²) in [7, 11) is 0. The first-order valence-corrected chi connectivity index (χ1v) is 7.40. The predicted octanol–water partition coefficient (Wildman–Crippen LogP) is 3.00. The molecule has 0 unspecified atom stereocenters. The third-order valence-electron chi connectivity index (χ3n) is 3.94. The number of fused-ring (bicyclic) bond motifs is 2. The number of amides is 1. The van der Waals surface area contributed by atoms with Gasteiger partial charge >= 0.3 is 6.09 Å². The molecule has 2 N–H and O–H groups in total. The second-order valence-electron chi connectivity index (χ2n) is 6.70. The maximum absolute atomic E-state index is 11.9. The number of hydrogen-bond donors (Lipinski definition) is 2. The van der Waals surface area contributed by atoms with Crippen LogP contribution in [0.25, 0.3) is 0 Å². The zero-order valence-electron chi connectivity index (χ0n) is 12.8. The molecule has 1 aromatic rings. The van der Waals surface area contributed by atoms with Crippen molar-refractivity contribution in [3.63, 3.8) is 0 Å². The second-order valence-corrected chi connectivity index (χ2v) is 6.70. The summed E-state index contributed by atoms with van der Waals surface area (Å²) in [4.78, 5) is 11.9. The fraction of sp³-hybridized carbons (Fsp3) is 0.562. The van der Waals surface area contributed by atoms with E-state index in [9.17, 15) is 4.79 Å². The number of anilines is 1. The number of rotatable bonds is 1. The molecule has 2 aliphatic heterocycles. The van der Waals surface area contributed by atoms with Crippen LogP contribution in [-0.2, 0) is 10.3 Å². The van der Waals surface area contributed by atoms with Gasteiger partial charge in [-0.2, -0.15) is 0 Å². The standard InChI is InChI=1S/C16H22N2O3/c1-15(2,3)21-14(19)18-11-4-5-13-12(10-11)16(6-8-17-16)7-9-20-13/h4-5,10,17H,6-9H2,1-3H3,(H,18,19)/t16-/m0/s1. The molecule has 0 radical (unpaired) electrons. The fourth-order valence-corrected chi connectivity index (χ4v) is 2.87. The van der Waals surface area contributed by atoms with Crippen molar-refractivity contribution in [2.45, 2.75) is 44.8 Å². The van der Waals surface area contributed by atoms with Crippen molar-refractivity contribution in [3.05, 3.63) is 23.8 Å². The number of ether oxygens (including phenoxy) is 2. The SMILES string of the molecule is CC(C)(C)OC(=O)Nc1ccc2c(c1)[C@]1(CCN1)CCO2. The topological polar surface area (TPSA) is 59.6 Å². The average molecular weight is 290 g/mol. The third-order valence-corrected chi connectivity index (χ3v) is 3.94. The van der Waals surface area contributed by atoms with Crippen LogP contribution in [0.1, 0.15) is 39.2 Å². The lowest BCUT2D eigenvalue weighted by Gasteiger charge is -2.47. The van der Waals surface area contributed by atoms with Gasteiger partial charge in [-0.25, -0.2) is 4.79 Å². The first kappa shape index (κ1) is 14.2. The highest BCUT2D eigenvalue weighted by Gasteiger charge is 2.42. The van der Waals surface area contributed by atoms with Crippen molar-refractivity contribution in [3.8, 4) is 5.75 Å². The van der Waals surface area contributed by atoms with Gasteiger partial charge in [-0.3, -0.25) is 5.32 Å². The lowest BCUT2D eigenvalue weighted by molar-refractivity contribution is 0.0635. The van der Waals surface area contributed by atoms with Crippen molar-refractivity contribution in [2.24, 2.45) is 0 Å². The molecule has 1 aromatic carbocycles. The third kappa shape index (κ3) is 2.83. The summed E-state index contributed by atoms with van der Waals surface area (Å²) in [5.74, 6) is 0.906. The van der Waals surface area contributed by atoms with Crippen LogP contribution in [0.3, 0.4) is 0 Å². The molecule has 1 saturated heterocycles. The van der Waals surface area contributed by atoms with Crippen molar-refractivity contribution in [1.29, 1.82) is 0 Å². The molecule has 1 amide bonds. The Bertz CT molecular complexity index is 559. The van der Waals surface area contributed by atoms with Gasteiger partial charge in [-0.05, 0) is 51.9 Å². The molecule has 1 spiro atoms. The maximum Gasteiger partial charge on any atom is 0.412 e. The zero-order valence-corrected chi connectivity index (χ0v) is 12.8. The van der Waals surface area contributed by atoms with Crippen LogP contribution in [0.4, 0.5) is 10.5 Å². The Balaban J connectivity index is 1.79. The Morgan fingerprint density at radius 1 is 1.38 bits per heavy atom. The van der Waals surface area contributed by atoms with Crippen LogP contribution >= 0.6 is 0 Å². The van der Waals surface area contributed by atoms with Gasteiger partial charge in [0.15, 0.2) is 0 Å². The molecule has 1 atom stereocenters. The quantitative estimate of drug-likeness (QED) is 0.834. The summed E-state index contributed by atoms with van der Waals surface area (Å²) in [6, 6.07) is 5.76. The average Bonchev–Trinajstić information content (AvgIpc) is 2.33. The molecule has 114 valence electrons. The van der Waals surface area contributed by atoms with Gasteiger partial charge in [0.2, 0.25) is 0 Å². The second kappa shape index (κ2) is 4.91. The van der Waals surface area contributed by atoms with Gasteiger partial charge in [0.05, 0.1) is 12.1 Å². The molecule has 2 heterocycles. The zero-order chi connectivity index (χ0) is 15.1. The maximum atomic E-state index is 11.9. The summed E-state index contributed by atoms with van der Waals surface area (Å²) in [5, 5.41) is 6.30. The van der Waals surface area contributed by atoms with Crippen LogP contribution in [0, 0.1) is 0 Å². The monoisotopic (exact) mass is 290 g/mol. The van der Waals surface area contributed by atoms with E-state index in [2.05, 4.69) is 10.6 Å². The van der Waals surface area contributed by atoms with Crippen LogP contribution in [0.5, 0.6) is 5.75 Å². The summed E-state index contributed by atoms with van der Waals surface area (Å²) < 4.78 is 11.0. The number of carbonyl (C=O) groups excluding carboxylic acids is 1. The molecule has 0 saturated carbocycles. The summed E-state index contributed by atoms with van der Waals surface area (Å²) >= 11 is 0. The normalized spacial score (nSPS) is 23.8. The summed E-state index contributed by atoms with van der Waals surface area (Å²) in [5.41, 5.74) is 1.40. The van der Waals surface area contributed by atoms with Crippen molar-refractivity contribution in [2.75, 3.05) is 18.5 Å². The molecule has 1 fully saturated rings. The first-order valence-electron chi connectivity index (χ1n) is 7.40. The van der Waals surface area contributed by atoms with E-state index < -0.39 is 11.7 Å². The van der Waals surface area contributed by atoms with Gasteiger partial charge in [-0.1, -0.05) is 0 Å². The molecule has 5 nitrogen and oxygen atoms in total. The number of carbonyl (C=O) groups is 1. The fourth-order valence-electron chi connectivity index (χ4n) is 2.87. The Hall–Kier alpha value is -1.75. The Labute approximate surface area is 125 Å². The highest BCUT2D eigenvalue weighted by Crippen LogP contribution is 2.44. The number of benzene rings is 1. The highest BCUT2D eigenvalue weighted by atomic mass is 16.6. The van der Waals surface area contributed by atoms with Gasteiger partial charge in [0, 0.05) is 17.7 Å². The first-order chi connectivity index (χ1) is 9.88. The molecule has 2 aliphatic rings. The van der Waals surface area contributed by atoms with Crippen molar-refractivity contribution < 1.29 is 14.3 Å². The van der Waals surface area contributed by atoms with Crippen molar-refractivity contribution >= 4 is 11.8 Å². The summed E-state index contributed by atoms with van der Waals surface area (Å²) in [6.45, 7) is 7.31. The minimum Gasteiger partial charge on any atom is -0.493 e. The van der Waals surface area contributed by atoms with Crippen LogP contribution < -0.4 is 15.4 Å². The Morgan fingerprint density at radius 3 is 2.76 bits per heavy atom. The van der Waals surface area contributed by atoms with Crippen LogP contribution in [0.15, 0.2) is 18.2 Å². The van der Waals surface area contributed by atoms with Gasteiger partial charge in [0.1, 0.15) is 11.4 Å². The van der Waals surface area contributed by atoms with E-state index in [1.165, 1.54) is 0 Å². The van der Waals surface area contributed by atoms with E-state index >= 15 is 0 Å². The predicted molar refractivity (Wildman–Crippen MR) is 80.7 cm³/mol. The lowest BCUT2D eigenvalue weighted by atomic mass is 9.76. The van der Waals surface area contributed by atoms with Gasteiger partial charge < -0.3 is 14.8 Å². The van der Waals surface area contributed by atoms with Crippen LogP contribution in [-0.4, -0.2) is 24.8 Å². The van der Waals surface area contributed by atoms with E-state index in [1.807, 2.05) is 39.0 Å². The minimum atomic E-state index is -0.502. The van der Waals surface area contributed by atoms with E-state index in [0.29, 0.717) is 0 Å². The van der Waals surface area contributed by atoms with E-state index in [4.69, 9.17) is 9.47 Å². The molecule has 21 heavy (non-hydrogen) atoms. The largest absolute Gasteiger partial charge is 0.493 e. The molecule has 0 aliphatic carbocycles. The van der Waals surface area contributed by atoms with Crippen molar-refractivity contribution in [1.82, 2.24) is 5.32 Å². The minimum absolute atomic E-state index is 0.0270. The van der Waals surface area contributed by atoms with E-state index in [-0.39, 0.29) is 5.54 Å². The van der Waals surface area contributed by atoms with E-state index in [0.717, 1.165) is 43.0 Å².